The summed E-state index contributed by atoms with van der Waals surface area (Å²) in [4.78, 5) is 0. The van der Waals surface area contributed by atoms with Crippen LogP contribution in [0.5, 0.6) is 0 Å². The van der Waals surface area contributed by atoms with Crippen LogP contribution in [0.15, 0.2) is 11.8 Å². The summed E-state index contributed by atoms with van der Waals surface area (Å²) in [5, 5.41) is 15.3. The molecule has 3 nitrogen and oxygen atoms in total. The largest absolute Gasteiger partial charge is 0.505 e. The fourth-order valence-corrected chi connectivity index (χ4v) is 0.303. The van der Waals surface area contributed by atoms with Crippen molar-refractivity contribution >= 4 is 5.84 Å². The highest BCUT2D eigenvalue weighted by Crippen LogP contribution is 1.87. The van der Waals surface area contributed by atoms with Gasteiger partial charge in [0.1, 0.15) is 0 Å². The van der Waals surface area contributed by atoms with Crippen LogP contribution in [-0.4, -0.2) is 10.9 Å². The van der Waals surface area contributed by atoms with Crippen LogP contribution in [0.4, 0.5) is 0 Å². The highest BCUT2D eigenvalue weighted by Gasteiger charge is 1.90. The molecule has 0 saturated carbocycles. The zero-order chi connectivity index (χ0) is 6.57. The predicted molar refractivity (Wildman–Crippen MR) is 32.9 cm³/mol. The summed E-state index contributed by atoms with van der Waals surface area (Å²) in [6.07, 6.45) is 2.19. The Morgan fingerprint density at radius 2 is 2.38 bits per heavy atom. The molecule has 0 rings (SSSR count). The van der Waals surface area contributed by atoms with Crippen molar-refractivity contribution in [3.05, 3.63) is 11.8 Å². The highest BCUT2D eigenvalue weighted by molar-refractivity contribution is 5.91. The van der Waals surface area contributed by atoms with Crippen LogP contribution in [0, 0.1) is 5.41 Å². The molecule has 0 aromatic carbocycles. The Morgan fingerprint density at radius 3 is 2.50 bits per heavy atom. The van der Waals surface area contributed by atoms with E-state index in [1.807, 2.05) is 6.92 Å². The minimum absolute atomic E-state index is 0.132. The molecule has 8 heavy (non-hydrogen) atoms. The van der Waals surface area contributed by atoms with Crippen LogP contribution < -0.4 is 5.73 Å². The maximum absolute atomic E-state index is 8.64. The first kappa shape index (κ1) is 7.01. The van der Waals surface area contributed by atoms with Gasteiger partial charge in [-0.25, -0.2) is 0 Å². The van der Waals surface area contributed by atoms with Gasteiger partial charge >= 0.3 is 0 Å². The molecule has 0 aromatic rings. The molecule has 0 spiro atoms. The van der Waals surface area contributed by atoms with Crippen LogP contribution >= 0.6 is 0 Å². The Kier molecular flexibility index (Phi) is 2.69. The molecule has 0 aliphatic rings. The summed E-state index contributed by atoms with van der Waals surface area (Å²) < 4.78 is 0. The van der Waals surface area contributed by atoms with Crippen molar-refractivity contribution in [2.75, 3.05) is 0 Å². The molecule has 0 aliphatic carbocycles. The molecule has 46 valence electrons. The Balaban J connectivity index is 3.80. The number of rotatable bonds is 2. The van der Waals surface area contributed by atoms with Gasteiger partial charge in [-0.3, -0.25) is 5.41 Å². The number of hydrogen-bond acceptors (Lipinski definition) is 2. The lowest BCUT2D eigenvalue weighted by Crippen LogP contribution is -2.11. The molecule has 3 heteroatoms. The third kappa shape index (κ3) is 2.23. The van der Waals surface area contributed by atoms with Gasteiger partial charge in [0.15, 0.2) is 11.6 Å². The summed E-state index contributed by atoms with van der Waals surface area (Å²) in [5.41, 5.74) is 4.89. The molecule has 0 bridgehead atoms. The predicted octanol–water partition coefficient (Wildman–Crippen LogP) is 0.774. The molecule has 0 heterocycles. The standard InChI is InChI=1S/C5H10N2O/c1-2-3-4(8)5(6)7/h3,8H,2H2,1H3,(H3,6,7)/b4-3-. The molecule has 0 radical (unpaired) electrons. The van der Waals surface area contributed by atoms with E-state index in [9.17, 15) is 0 Å². The van der Waals surface area contributed by atoms with E-state index < -0.39 is 0 Å². The maximum Gasteiger partial charge on any atom is 0.158 e. The van der Waals surface area contributed by atoms with Gasteiger partial charge in [-0.05, 0) is 12.5 Å². The average molecular weight is 114 g/mol. The van der Waals surface area contributed by atoms with Gasteiger partial charge < -0.3 is 10.8 Å². The van der Waals surface area contributed by atoms with E-state index in [2.05, 4.69) is 0 Å². The first-order chi connectivity index (χ1) is 3.68. The smallest absolute Gasteiger partial charge is 0.158 e. The Labute approximate surface area is 48.3 Å². The van der Waals surface area contributed by atoms with Crippen molar-refractivity contribution in [1.29, 1.82) is 5.41 Å². The summed E-state index contributed by atoms with van der Waals surface area (Å²) >= 11 is 0. The zero-order valence-electron chi connectivity index (χ0n) is 4.81. The van der Waals surface area contributed by atoms with E-state index in [4.69, 9.17) is 16.2 Å². The van der Waals surface area contributed by atoms with E-state index in [0.717, 1.165) is 0 Å². The molecule has 0 aliphatic heterocycles. The lowest BCUT2D eigenvalue weighted by atomic mass is 10.3. The van der Waals surface area contributed by atoms with Gasteiger partial charge in [0.05, 0.1) is 0 Å². The summed E-state index contributed by atoms with van der Waals surface area (Å²) in [6, 6.07) is 0. The number of allylic oxidation sites excluding steroid dienone is 1. The normalized spacial score (nSPS) is 11.4. The van der Waals surface area contributed by atoms with Gasteiger partial charge in [0.2, 0.25) is 0 Å². The third-order valence-corrected chi connectivity index (χ3v) is 0.673. The number of hydrogen-bond donors (Lipinski definition) is 3. The molecule has 0 amide bonds. The van der Waals surface area contributed by atoms with Crippen LogP contribution in [0.2, 0.25) is 0 Å². The van der Waals surface area contributed by atoms with Crippen LogP contribution in [0.3, 0.4) is 0 Å². The Bertz CT molecular complexity index is 118. The SMILES string of the molecule is CC/C=C(\O)C(=N)N. The monoisotopic (exact) mass is 114 g/mol. The summed E-state index contributed by atoms with van der Waals surface area (Å²) in [5.74, 6) is -0.403. The van der Waals surface area contributed by atoms with E-state index in [1.165, 1.54) is 6.08 Å². The second-order valence-corrected chi connectivity index (χ2v) is 1.41. The molecular weight excluding hydrogens is 104 g/mol. The number of aliphatic hydroxyl groups is 1. The fraction of sp³-hybridized carbons (Fsp3) is 0.400. The summed E-state index contributed by atoms with van der Waals surface area (Å²) in [6.45, 7) is 1.86. The van der Waals surface area contributed by atoms with Crippen LogP contribution in [-0.2, 0) is 0 Å². The minimum atomic E-state index is -0.271. The average Bonchev–Trinajstić information content (AvgIpc) is 1.67. The zero-order valence-corrected chi connectivity index (χ0v) is 4.81. The van der Waals surface area contributed by atoms with Gasteiger partial charge in [0, 0.05) is 0 Å². The lowest BCUT2D eigenvalue weighted by Gasteiger charge is -1.91. The number of amidine groups is 1. The molecule has 0 aromatic heterocycles. The van der Waals surface area contributed by atoms with Crippen molar-refractivity contribution in [2.45, 2.75) is 13.3 Å². The number of nitrogens with two attached hydrogens (primary N) is 1. The van der Waals surface area contributed by atoms with E-state index in [1.54, 1.807) is 0 Å². The van der Waals surface area contributed by atoms with Gasteiger partial charge in [-0.1, -0.05) is 6.92 Å². The first-order valence-corrected chi connectivity index (χ1v) is 2.42. The van der Waals surface area contributed by atoms with Crippen molar-refractivity contribution in [3.8, 4) is 0 Å². The quantitative estimate of drug-likeness (QED) is 0.282. The number of nitrogens with one attached hydrogen (secondary N) is 1. The molecule has 0 atom stereocenters. The third-order valence-electron chi connectivity index (χ3n) is 0.673. The van der Waals surface area contributed by atoms with E-state index in [0.29, 0.717) is 6.42 Å². The second kappa shape index (κ2) is 3.07. The van der Waals surface area contributed by atoms with Crippen LogP contribution in [0.1, 0.15) is 13.3 Å². The second-order valence-electron chi connectivity index (χ2n) is 1.41. The number of aliphatic hydroxyl groups excluding tert-OH is 1. The Hall–Kier alpha value is -0.990. The van der Waals surface area contributed by atoms with Crippen LogP contribution in [0.25, 0.3) is 0 Å². The van der Waals surface area contributed by atoms with E-state index in [-0.39, 0.29) is 11.6 Å². The van der Waals surface area contributed by atoms with E-state index >= 15 is 0 Å². The molecule has 0 unspecified atom stereocenters. The maximum atomic E-state index is 8.64. The highest BCUT2D eigenvalue weighted by atomic mass is 16.3. The van der Waals surface area contributed by atoms with Gasteiger partial charge in [0.25, 0.3) is 0 Å². The Morgan fingerprint density at radius 1 is 1.88 bits per heavy atom. The molecular formula is C5H10N2O. The van der Waals surface area contributed by atoms with Crippen molar-refractivity contribution in [2.24, 2.45) is 5.73 Å². The van der Waals surface area contributed by atoms with Crippen molar-refractivity contribution in [1.82, 2.24) is 0 Å². The lowest BCUT2D eigenvalue weighted by molar-refractivity contribution is 0.439. The molecule has 0 saturated heterocycles. The molecule has 4 N–H and O–H groups in total. The topological polar surface area (TPSA) is 70.1 Å². The molecule has 0 fully saturated rings. The minimum Gasteiger partial charge on any atom is -0.505 e. The first-order valence-electron chi connectivity index (χ1n) is 2.42. The van der Waals surface area contributed by atoms with Crippen molar-refractivity contribution < 1.29 is 5.11 Å². The summed E-state index contributed by atoms with van der Waals surface area (Å²) in [7, 11) is 0. The van der Waals surface area contributed by atoms with Crippen molar-refractivity contribution in [3.63, 3.8) is 0 Å². The fourth-order valence-electron chi connectivity index (χ4n) is 0.303. The van der Waals surface area contributed by atoms with Gasteiger partial charge in [-0.2, -0.15) is 0 Å². The van der Waals surface area contributed by atoms with Gasteiger partial charge in [-0.15, -0.1) is 0 Å².